The van der Waals surface area contributed by atoms with Crippen molar-refractivity contribution in [3.05, 3.63) is 53.1 Å². The summed E-state index contributed by atoms with van der Waals surface area (Å²) in [6.45, 7) is 4.12. The van der Waals surface area contributed by atoms with Crippen molar-refractivity contribution in [1.82, 2.24) is 19.6 Å². The van der Waals surface area contributed by atoms with Crippen molar-refractivity contribution in [3.8, 4) is 0 Å². The molecule has 1 fully saturated rings. The fraction of sp³-hybridized carbons (Fsp3) is 0.421. The number of amides is 2. The summed E-state index contributed by atoms with van der Waals surface area (Å²) in [5.41, 5.74) is 2.01. The molecule has 0 saturated carbocycles. The summed E-state index contributed by atoms with van der Waals surface area (Å²) in [4.78, 5) is 29.0. The van der Waals surface area contributed by atoms with Crippen molar-refractivity contribution in [2.45, 2.75) is 19.8 Å². The Kier molecular flexibility index (Phi) is 5.35. The van der Waals surface area contributed by atoms with Crippen molar-refractivity contribution < 1.29 is 14.0 Å². The summed E-state index contributed by atoms with van der Waals surface area (Å²) in [6.07, 6.45) is 3.06. The lowest BCUT2D eigenvalue weighted by atomic mass is 10.2. The molecule has 7 heteroatoms. The molecule has 0 unspecified atom stereocenters. The third kappa shape index (κ3) is 3.61. The molecule has 1 aromatic heterocycles. The molecule has 1 aliphatic rings. The molecule has 0 spiro atoms. The standard InChI is InChI=1S/C19H23FN4O2/c1-3-17-16(13-21-22(17)2)19(26)24-10-4-9-23(11-12-24)18(25)14-5-7-15(20)8-6-14/h5-8,13H,3-4,9-12H2,1-2H3. The van der Waals surface area contributed by atoms with E-state index >= 15 is 0 Å². The molecule has 26 heavy (non-hydrogen) atoms. The third-order valence-corrected chi connectivity index (χ3v) is 4.79. The van der Waals surface area contributed by atoms with E-state index in [0.717, 1.165) is 12.1 Å². The number of benzene rings is 1. The van der Waals surface area contributed by atoms with Crippen LogP contribution >= 0.6 is 0 Å². The van der Waals surface area contributed by atoms with Gasteiger partial charge in [-0.2, -0.15) is 5.10 Å². The van der Waals surface area contributed by atoms with E-state index in [1.54, 1.807) is 20.7 Å². The minimum atomic E-state index is -0.364. The zero-order valence-electron chi connectivity index (χ0n) is 15.1. The topological polar surface area (TPSA) is 58.4 Å². The van der Waals surface area contributed by atoms with Crippen molar-refractivity contribution in [1.29, 1.82) is 0 Å². The Labute approximate surface area is 152 Å². The molecule has 1 saturated heterocycles. The van der Waals surface area contributed by atoms with E-state index in [1.165, 1.54) is 24.3 Å². The quantitative estimate of drug-likeness (QED) is 0.844. The highest BCUT2D eigenvalue weighted by Crippen LogP contribution is 2.15. The lowest BCUT2D eigenvalue weighted by Crippen LogP contribution is -2.37. The molecule has 2 heterocycles. The first-order valence-electron chi connectivity index (χ1n) is 8.86. The minimum Gasteiger partial charge on any atom is -0.337 e. The molecular weight excluding hydrogens is 335 g/mol. The van der Waals surface area contributed by atoms with Crippen molar-refractivity contribution >= 4 is 11.8 Å². The molecule has 3 rings (SSSR count). The number of halogens is 1. The van der Waals surface area contributed by atoms with Gasteiger partial charge in [0, 0.05) is 38.8 Å². The van der Waals surface area contributed by atoms with Crippen molar-refractivity contribution in [3.63, 3.8) is 0 Å². The number of aryl methyl sites for hydroxylation is 1. The highest BCUT2D eigenvalue weighted by Gasteiger charge is 2.25. The van der Waals surface area contributed by atoms with E-state index < -0.39 is 0 Å². The number of aromatic nitrogens is 2. The smallest absolute Gasteiger partial charge is 0.257 e. The minimum absolute atomic E-state index is 0.0361. The Balaban J connectivity index is 1.69. The summed E-state index contributed by atoms with van der Waals surface area (Å²) in [5, 5.41) is 4.19. The van der Waals surface area contributed by atoms with Crippen LogP contribution in [-0.2, 0) is 13.5 Å². The van der Waals surface area contributed by atoms with E-state index in [9.17, 15) is 14.0 Å². The molecule has 138 valence electrons. The fourth-order valence-electron chi connectivity index (χ4n) is 3.33. The molecule has 6 nitrogen and oxygen atoms in total. The van der Waals surface area contributed by atoms with E-state index in [0.29, 0.717) is 43.7 Å². The first-order valence-corrected chi connectivity index (χ1v) is 8.86. The zero-order chi connectivity index (χ0) is 18.7. The number of rotatable bonds is 3. The molecule has 0 aliphatic carbocycles. The molecule has 0 atom stereocenters. The highest BCUT2D eigenvalue weighted by molar-refractivity contribution is 5.96. The molecule has 0 bridgehead atoms. The van der Waals surface area contributed by atoms with Crippen LogP contribution in [0.1, 0.15) is 39.8 Å². The summed E-state index contributed by atoms with van der Waals surface area (Å²) >= 11 is 0. The Hall–Kier alpha value is -2.70. The monoisotopic (exact) mass is 358 g/mol. The van der Waals surface area contributed by atoms with Gasteiger partial charge in [0.1, 0.15) is 5.82 Å². The lowest BCUT2D eigenvalue weighted by Gasteiger charge is -2.22. The molecule has 2 aromatic rings. The number of hydrogen-bond donors (Lipinski definition) is 0. The van der Waals surface area contributed by atoms with Gasteiger partial charge in [0.25, 0.3) is 11.8 Å². The number of hydrogen-bond acceptors (Lipinski definition) is 3. The molecule has 1 aromatic carbocycles. The average molecular weight is 358 g/mol. The third-order valence-electron chi connectivity index (χ3n) is 4.79. The van der Waals surface area contributed by atoms with Crippen LogP contribution in [0.25, 0.3) is 0 Å². The Morgan fingerprint density at radius 1 is 1.04 bits per heavy atom. The summed E-state index contributed by atoms with van der Waals surface area (Å²) in [5.74, 6) is -0.529. The number of carbonyl (C=O) groups is 2. The Bertz CT molecular complexity index is 800. The van der Waals surface area contributed by atoms with Crippen LogP contribution in [-0.4, -0.2) is 57.6 Å². The number of carbonyl (C=O) groups excluding carboxylic acids is 2. The molecule has 0 N–H and O–H groups in total. The highest BCUT2D eigenvalue weighted by atomic mass is 19.1. The van der Waals surface area contributed by atoms with E-state index in [1.807, 2.05) is 14.0 Å². The van der Waals surface area contributed by atoms with Gasteiger partial charge in [0.15, 0.2) is 0 Å². The maximum Gasteiger partial charge on any atom is 0.257 e. The SMILES string of the molecule is CCc1c(C(=O)N2CCCN(C(=O)c3ccc(F)cc3)CC2)cnn1C. The normalized spacial score (nSPS) is 15.0. The van der Waals surface area contributed by atoms with Gasteiger partial charge in [0.05, 0.1) is 17.5 Å². The van der Waals surface area contributed by atoms with Crippen LogP contribution in [0, 0.1) is 5.82 Å². The predicted molar refractivity (Wildman–Crippen MR) is 95.4 cm³/mol. The average Bonchev–Trinajstić information content (AvgIpc) is 2.86. The lowest BCUT2D eigenvalue weighted by molar-refractivity contribution is 0.0718. The summed E-state index contributed by atoms with van der Waals surface area (Å²) in [7, 11) is 1.83. The van der Waals surface area contributed by atoms with Crippen molar-refractivity contribution in [2.24, 2.45) is 7.05 Å². The summed E-state index contributed by atoms with van der Waals surface area (Å²) in [6, 6.07) is 5.56. The van der Waals surface area contributed by atoms with Gasteiger partial charge in [-0.3, -0.25) is 14.3 Å². The second-order valence-electron chi connectivity index (χ2n) is 6.43. The Morgan fingerprint density at radius 2 is 1.65 bits per heavy atom. The zero-order valence-corrected chi connectivity index (χ0v) is 15.1. The van der Waals surface area contributed by atoms with E-state index in [-0.39, 0.29) is 17.6 Å². The maximum absolute atomic E-state index is 13.0. The first-order chi connectivity index (χ1) is 12.5. The predicted octanol–water partition coefficient (Wildman–Crippen LogP) is 2.11. The first kappa shape index (κ1) is 18.1. The van der Waals surface area contributed by atoms with Gasteiger partial charge in [-0.05, 0) is 37.1 Å². The maximum atomic E-state index is 13.0. The van der Waals surface area contributed by atoms with Gasteiger partial charge < -0.3 is 9.80 Å². The second-order valence-corrected chi connectivity index (χ2v) is 6.43. The van der Waals surface area contributed by atoms with Crippen LogP contribution in [0.2, 0.25) is 0 Å². The van der Waals surface area contributed by atoms with Crippen LogP contribution in [0.3, 0.4) is 0 Å². The van der Waals surface area contributed by atoms with Gasteiger partial charge in [-0.15, -0.1) is 0 Å². The van der Waals surface area contributed by atoms with Gasteiger partial charge in [0.2, 0.25) is 0 Å². The second kappa shape index (κ2) is 7.68. The van der Waals surface area contributed by atoms with E-state index in [2.05, 4.69) is 5.10 Å². The van der Waals surface area contributed by atoms with Crippen LogP contribution in [0.4, 0.5) is 4.39 Å². The van der Waals surface area contributed by atoms with E-state index in [4.69, 9.17) is 0 Å². The molecule has 1 aliphatic heterocycles. The van der Waals surface area contributed by atoms with Crippen LogP contribution in [0.5, 0.6) is 0 Å². The largest absolute Gasteiger partial charge is 0.337 e. The summed E-state index contributed by atoms with van der Waals surface area (Å²) < 4.78 is 14.8. The Morgan fingerprint density at radius 3 is 2.27 bits per heavy atom. The van der Waals surface area contributed by atoms with Crippen LogP contribution < -0.4 is 0 Å². The van der Waals surface area contributed by atoms with Crippen molar-refractivity contribution in [2.75, 3.05) is 26.2 Å². The molecule has 0 radical (unpaired) electrons. The molecular formula is C19H23FN4O2. The van der Waals surface area contributed by atoms with Gasteiger partial charge in [-0.1, -0.05) is 6.92 Å². The van der Waals surface area contributed by atoms with Crippen LogP contribution in [0.15, 0.2) is 30.5 Å². The van der Waals surface area contributed by atoms with Gasteiger partial charge in [-0.25, -0.2) is 4.39 Å². The fourth-order valence-corrected chi connectivity index (χ4v) is 3.33. The number of nitrogens with zero attached hydrogens (tertiary/aromatic N) is 4. The molecule has 2 amide bonds. The van der Waals surface area contributed by atoms with Gasteiger partial charge >= 0.3 is 0 Å².